The number of hydrogen-bond donors (Lipinski definition) is 1. The van der Waals surface area contributed by atoms with Gasteiger partial charge in [-0.25, -0.2) is 4.79 Å². The van der Waals surface area contributed by atoms with Crippen molar-refractivity contribution in [3.05, 3.63) is 59.9 Å². The number of rotatable bonds is 4. The summed E-state index contributed by atoms with van der Waals surface area (Å²) < 4.78 is 4.96. The summed E-state index contributed by atoms with van der Waals surface area (Å²) in [5.74, 6) is -0.341. The maximum Gasteiger partial charge on any atom is 0.335 e. The lowest BCUT2D eigenvalue weighted by atomic mass is 9.92. The number of aromatic nitrogens is 1. The van der Waals surface area contributed by atoms with E-state index in [-0.39, 0.29) is 5.97 Å². The summed E-state index contributed by atoms with van der Waals surface area (Å²) in [5, 5.41) is 3.29. The number of ether oxygens (including phenoxy) is 1. The molecule has 0 saturated heterocycles. The molecule has 0 saturated carbocycles. The zero-order chi connectivity index (χ0) is 14.6. The second-order valence-electron chi connectivity index (χ2n) is 4.79. The van der Waals surface area contributed by atoms with Gasteiger partial charge in [0.2, 0.25) is 0 Å². The number of para-hydroxylation sites is 1. The van der Waals surface area contributed by atoms with E-state index in [0.717, 1.165) is 16.8 Å². The number of aryl methyl sites for hydroxylation is 1. The minimum Gasteiger partial charge on any atom is -0.467 e. The topological polar surface area (TPSA) is 51.2 Å². The number of methoxy groups -OCH3 is 1. The van der Waals surface area contributed by atoms with E-state index in [1.54, 1.807) is 19.3 Å². The van der Waals surface area contributed by atoms with Crippen molar-refractivity contribution in [3.63, 3.8) is 0 Å². The molecule has 0 amide bonds. The molecule has 0 radical (unpaired) electrons. The number of benzene rings is 1. The predicted molar refractivity (Wildman–Crippen MR) is 78.4 cm³/mol. The van der Waals surface area contributed by atoms with Gasteiger partial charge in [-0.3, -0.25) is 4.98 Å². The standard InChI is InChI=1S/C16H18N2O2/c1-12-6-4-5-7-14(12)18-16(2,15(19)20-3)13-8-10-17-11-9-13/h4-11,18H,1-3H3. The molecule has 0 bridgehead atoms. The number of nitrogens with zero attached hydrogens (tertiary/aromatic N) is 1. The summed E-state index contributed by atoms with van der Waals surface area (Å²) in [6, 6.07) is 11.4. The molecule has 0 aliphatic carbocycles. The van der Waals surface area contributed by atoms with Crippen LogP contribution in [0.15, 0.2) is 48.8 Å². The summed E-state index contributed by atoms with van der Waals surface area (Å²) in [6.45, 7) is 3.80. The first-order chi connectivity index (χ1) is 9.58. The lowest BCUT2D eigenvalue weighted by Gasteiger charge is -2.30. The molecule has 1 atom stereocenters. The average Bonchev–Trinajstić information content (AvgIpc) is 2.49. The van der Waals surface area contributed by atoms with Crippen LogP contribution in [0.25, 0.3) is 0 Å². The van der Waals surface area contributed by atoms with Crippen LogP contribution in [-0.4, -0.2) is 18.1 Å². The Bertz CT molecular complexity index is 598. The fourth-order valence-corrected chi connectivity index (χ4v) is 2.11. The number of carbonyl (C=O) groups is 1. The SMILES string of the molecule is COC(=O)C(C)(Nc1ccccc1C)c1ccncc1. The van der Waals surface area contributed by atoms with E-state index in [2.05, 4.69) is 10.3 Å². The number of carbonyl (C=O) groups excluding carboxylic acids is 1. The smallest absolute Gasteiger partial charge is 0.335 e. The minimum atomic E-state index is -0.955. The summed E-state index contributed by atoms with van der Waals surface area (Å²) in [6.07, 6.45) is 3.33. The van der Waals surface area contributed by atoms with Crippen LogP contribution in [-0.2, 0) is 15.1 Å². The van der Waals surface area contributed by atoms with E-state index < -0.39 is 5.54 Å². The van der Waals surface area contributed by atoms with Crippen LogP contribution in [0.5, 0.6) is 0 Å². The third-order valence-electron chi connectivity index (χ3n) is 3.38. The van der Waals surface area contributed by atoms with Crippen molar-refractivity contribution in [2.45, 2.75) is 19.4 Å². The van der Waals surface area contributed by atoms with Crippen molar-refractivity contribution in [1.82, 2.24) is 4.98 Å². The van der Waals surface area contributed by atoms with Gasteiger partial charge in [0.25, 0.3) is 0 Å². The van der Waals surface area contributed by atoms with Gasteiger partial charge >= 0.3 is 5.97 Å². The normalized spacial score (nSPS) is 13.3. The molecule has 1 unspecified atom stereocenters. The van der Waals surface area contributed by atoms with Gasteiger partial charge in [-0.1, -0.05) is 18.2 Å². The number of nitrogens with one attached hydrogen (secondary N) is 1. The van der Waals surface area contributed by atoms with Crippen LogP contribution in [0.1, 0.15) is 18.1 Å². The zero-order valence-corrected chi connectivity index (χ0v) is 11.9. The van der Waals surface area contributed by atoms with E-state index in [1.807, 2.05) is 43.3 Å². The first-order valence-electron chi connectivity index (χ1n) is 6.40. The first kappa shape index (κ1) is 14.1. The van der Waals surface area contributed by atoms with E-state index in [1.165, 1.54) is 7.11 Å². The molecule has 1 heterocycles. The largest absolute Gasteiger partial charge is 0.467 e. The van der Waals surface area contributed by atoms with Gasteiger partial charge in [0.15, 0.2) is 5.54 Å². The fraction of sp³-hybridized carbons (Fsp3) is 0.250. The van der Waals surface area contributed by atoms with Crippen LogP contribution >= 0.6 is 0 Å². The van der Waals surface area contributed by atoms with Gasteiger partial charge in [0.1, 0.15) is 0 Å². The van der Waals surface area contributed by atoms with E-state index in [4.69, 9.17) is 4.74 Å². The van der Waals surface area contributed by atoms with Crippen LogP contribution in [0, 0.1) is 6.92 Å². The van der Waals surface area contributed by atoms with E-state index in [9.17, 15) is 4.79 Å². The molecule has 20 heavy (non-hydrogen) atoms. The Labute approximate surface area is 118 Å². The quantitative estimate of drug-likeness (QED) is 0.868. The van der Waals surface area contributed by atoms with Crippen LogP contribution in [0.3, 0.4) is 0 Å². The molecular formula is C16H18N2O2. The van der Waals surface area contributed by atoms with Gasteiger partial charge in [0.05, 0.1) is 7.11 Å². The molecule has 1 aromatic heterocycles. The summed E-state index contributed by atoms with van der Waals surface area (Å²) >= 11 is 0. The van der Waals surface area contributed by atoms with E-state index >= 15 is 0 Å². The Balaban J connectivity index is 2.44. The molecule has 0 spiro atoms. The molecule has 2 aromatic rings. The number of hydrogen-bond acceptors (Lipinski definition) is 4. The number of esters is 1. The summed E-state index contributed by atoms with van der Waals surface area (Å²) in [7, 11) is 1.39. The molecule has 1 aromatic carbocycles. The average molecular weight is 270 g/mol. The van der Waals surface area contributed by atoms with Crippen molar-refractivity contribution in [1.29, 1.82) is 0 Å². The highest BCUT2D eigenvalue weighted by Crippen LogP contribution is 2.28. The van der Waals surface area contributed by atoms with Crippen molar-refractivity contribution >= 4 is 11.7 Å². The highest BCUT2D eigenvalue weighted by molar-refractivity contribution is 5.86. The third kappa shape index (κ3) is 2.64. The molecule has 0 fully saturated rings. The monoisotopic (exact) mass is 270 g/mol. The van der Waals surface area contributed by atoms with Gasteiger partial charge in [-0.15, -0.1) is 0 Å². The van der Waals surface area contributed by atoms with Gasteiger partial charge in [-0.2, -0.15) is 0 Å². The van der Waals surface area contributed by atoms with Crippen LogP contribution in [0.4, 0.5) is 5.69 Å². The van der Waals surface area contributed by atoms with Gasteiger partial charge < -0.3 is 10.1 Å². The van der Waals surface area contributed by atoms with Crippen molar-refractivity contribution < 1.29 is 9.53 Å². The molecule has 0 aliphatic rings. The molecule has 0 aliphatic heterocycles. The maximum absolute atomic E-state index is 12.2. The Morgan fingerprint density at radius 3 is 2.45 bits per heavy atom. The highest BCUT2D eigenvalue weighted by Gasteiger charge is 2.36. The minimum absolute atomic E-state index is 0.341. The van der Waals surface area contributed by atoms with E-state index in [0.29, 0.717) is 0 Å². The third-order valence-corrected chi connectivity index (χ3v) is 3.38. The van der Waals surface area contributed by atoms with Gasteiger partial charge in [0, 0.05) is 18.1 Å². The second-order valence-corrected chi connectivity index (χ2v) is 4.79. The molecule has 1 N–H and O–H groups in total. The van der Waals surface area contributed by atoms with Crippen molar-refractivity contribution in [3.8, 4) is 0 Å². The Hall–Kier alpha value is -2.36. The van der Waals surface area contributed by atoms with Crippen molar-refractivity contribution in [2.24, 2.45) is 0 Å². The number of pyridine rings is 1. The fourth-order valence-electron chi connectivity index (χ4n) is 2.11. The Morgan fingerprint density at radius 2 is 1.85 bits per heavy atom. The first-order valence-corrected chi connectivity index (χ1v) is 6.40. The van der Waals surface area contributed by atoms with Crippen LogP contribution in [0.2, 0.25) is 0 Å². The Morgan fingerprint density at radius 1 is 1.20 bits per heavy atom. The highest BCUT2D eigenvalue weighted by atomic mass is 16.5. The molecule has 4 heteroatoms. The Kier molecular flexibility index (Phi) is 4.03. The zero-order valence-electron chi connectivity index (χ0n) is 11.9. The summed E-state index contributed by atoms with van der Waals surface area (Å²) in [5.41, 5.74) is 1.82. The van der Waals surface area contributed by atoms with Crippen molar-refractivity contribution in [2.75, 3.05) is 12.4 Å². The summed E-state index contributed by atoms with van der Waals surface area (Å²) in [4.78, 5) is 16.2. The molecule has 2 rings (SSSR count). The predicted octanol–water partition coefficient (Wildman–Crippen LogP) is 2.89. The second kappa shape index (κ2) is 5.74. The lowest BCUT2D eigenvalue weighted by molar-refractivity contribution is -0.145. The molecule has 4 nitrogen and oxygen atoms in total. The maximum atomic E-state index is 12.2. The lowest BCUT2D eigenvalue weighted by Crippen LogP contribution is -2.41. The molecular weight excluding hydrogens is 252 g/mol. The molecule has 104 valence electrons. The van der Waals surface area contributed by atoms with Gasteiger partial charge in [-0.05, 0) is 43.2 Å². The van der Waals surface area contributed by atoms with Crippen LogP contribution < -0.4 is 5.32 Å². The number of anilines is 1.